The zero-order valence-corrected chi connectivity index (χ0v) is 16.0. The molecule has 6 nitrogen and oxygen atoms in total. The van der Waals surface area contributed by atoms with Gasteiger partial charge in [-0.25, -0.2) is 12.7 Å². The van der Waals surface area contributed by atoms with Gasteiger partial charge < -0.3 is 4.74 Å². The molecule has 1 heterocycles. The number of benzene rings is 2. The molecular formula is C20H21NO5S. The molecule has 2 atom stereocenters. The Hall–Kier alpha value is -2.67. The highest BCUT2D eigenvalue weighted by molar-refractivity contribution is 7.89. The standard InChI is InChI=1S/C20H21NO5S/c1-3-26-20(23)18-17(15-7-5-4-6-8-15)13-21(19(18)22)27(24,25)16-11-9-14(2)10-12-16/h4-12,17-18H,3,13H2,1-2H3/t17-,18-/m1/s1. The number of aryl methyl sites for hydroxylation is 1. The molecule has 27 heavy (non-hydrogen) atoms. The van der Waals surface area contributed by atoms with Crippen molar-refractivity contribution in [3.63, 3.8) is 0 Å². The predicted molar refractivity (Wildman–Crippen MR) is 99.4 cm³/mol. The maximum absolute atomic E-state index is 13.0. The summed E-state index contributed by atoms with van der Waals surface area (Å²) >= 11 is 0. The van der Waals surface area contributed by atoms with Gasteiger partial charge in [0.2, 0.25) is 0 Å². The summed E-state index contributed by atoms with van der Waals surface area (Å²) in [5, 5.41) is 0. The lowest BCUT2D eigenvalue weighted by Crippen LogP contribution is -2.36. The monoisotopic (exact) mass is 387 g/mol. The number of hydrogen-bond donors (Lipinski definition) is 0. The van der Waals surface area contributed by atoms with Crippen LogP contribution in [0, 0.1) is 12.8 Å². The van der Waals surface area contributed by atoms with Crippen LogP contribution in [-0.4, -0.2) is 37.8 Å². The van der Waals surface area contributed by atoms with Crippen LogP contribution in [0.1, 0.15) is 24.0 Å². The Morgan fingerprint density at radius 1 is 1.11 bits per heavy atom. The molecule has 0 N–H and O–H groups in total. The van der Waals surface area contributed by atoms with Crippen molar-refractivity contribution in [3.05, 3.63) is 65.7 Å². The molecule has 0 spiro atoms. The molecule has 7 heteroatoms. The van der Waals surface area contributed by atoms with E-state index in [2.05, 4.69) is 0 Å². The second kappa shape index (κ2) is 7.52. The van der Waals surface area contributed by atoms with Gasteiger partial charge in [-0.1, -0.05) is 48.0 Å². The number of esters is 1. The van der Waals surface area contributed by atoms with E-state index in [1.54, 1.807) is 43.3 Å². The van der Waals surface area contributed by atoms with Crippen LogP contribution in [0.5, 0.6) is 0 Å². The zero-order valence-electron chi connectivity index (χ0n) is 15.2. The SMILES string of the molecule is CCOC(=O)[C@H]1C(=O)N(S(=O)(=O)c2ccc(C)cc2)C[C@@H]1c1ccccc1. The molecule has 0 saturated carbocycles. The summed E-state index contributed by atoms with van der Waals surface area (Å²) in [4.78, 5) is 25.4. The van der Waals surface area contributed by atoms with Crippen LogP contribution in [0.3, 0.4) is 0 Å². The molecule has 0 radical (unpaired) electrons. The van der Waals surface area contributed by atoms with E-state index in [0.717, 1.165) is 15.4 Å². The highest BCUT2D eigenvalue weighted by atomic mass is 32.2. The number of nitrogens with zero attached hydrogens (tertiary/aromatic N) is 1. The Kier molecular flexibility index (Phi) is 5.32. The Balaban J connectivity index is 2.01. The van der Waals surface area contributed by atoms with Gasteiger partial charge in [-0.2, -0.15) is 0 Å². The van der Waals surface area contributed by atoms with Crippen LogP contribution in [-0.2, 0) is 24.3 Å². The molecular weight excluding hydrogens is 366 g/mol. The number of amides is 1. The van der Waals surface area contributed by atoms with Gasteiger partial charge in [0.1, 0.15) is 5.92 Å². The molecule has 1 fully saturated rings. The average Bonchev–Trinajstić information content (AvgIpc) is 3.01. The van der Waals surface area contributed by atoms with Crippen LogP contribution >= 0.6 is 0 Å². The van der Waals surface area contributed by atoms with E-state index in [1.165, 1.54) is 12.1 Å². The Labute approximate surface area is 158 Å². The summed E-state index contributed by atoms with van der Waals surface area (Å²) in [6.45, 7) is 3.52. The van der Waals surface area contributed by atoms with Crippen LogP contribution in [0.15, 0.2) is 59.5 Å². The minimum Gasteiger partial charge on any atom is -0.465 e. The number of hydrogen-bond acceptors (Lipinski definition) is 5. The number of carbonyl (C=O) groups is 2. The van der Waals surface area contributed by atoms with Crippen molar-refractivity contribution >= 4 is 21.9 Å². The lowest BCUT2D eigenvalue weighted by molar-refractivity contribution is -0.152. The molecule has 1 saturated heterocycles. The molecule has 0 aliphatic carbocycles. The van der Waals surface area contributed by atoms with Crippen molar-refractivity contribution in [2.24, 2.45) is 5.92 Å². The second-order valence-corrected chi connectivity index (χ2v) is 8.30. The number of ether oxygens (including phenoxy) is 1. The topological polar surface area (TPSA) is 80.8 Å². The Bertz CT molecular complexity index is 938. The molecule has 1 amide bonds. The molecule has 1 aliphatic rings. The fraction of sp³-hybridized carbons (Fsp3) is 0.300. The largest absolute Gasteiger partial charge is 0.465 e. The fourth-order valence-corrected chi connectivity index (χ4v) is 4.69. The number of sulfonamides is 1. The first kappa shape index (κ1) is 19.1. The van der Waals surface area contributed by atoms with Crippen molar-refractivity contribution in [3.8, 4) is 0 Å². The van der Waals surface area contributed by atoms with E-state index in [0.29, 0.717) is 0 Å². The third kappa shape index (κ3) is 3.60. The fourth-order valence-electron chi connectivity index (χ4n) is 3.25. The Morgan fingerprint density at radius 3 is 2.33 bits per heavy atom. The summed E-state index contributed by atoms with van der Waals surface area (Å²) in [5.74, 6) is -3.20. The first-order chi connectivity index (χ1) is 12.9. The molecule has 2 aromatic rings. The van der Waals surface area contributed by atoms with Gasteiger partial charge in [-0.05, 0) is 31.5 Å². The molecule has 142 valence electrons. The summed E-state index contributed by atoms with van der Waals surface area (Å²) in [7, 11) is -4.05. The van der Waals surface area contributed by atoms with Gasteiger partial charge in [0.25, 0.3) is 15.9 Å². The molecule has 0 unspecified atom stereocenters. The minimum atomic E-state index is -4.05. The van der Waals surface area contributed by atoms with Gasteiger partial charge in [-0.15, -0.1) is 0 Å². The number of carbonyl (C=O) groups excluding carboxylic acids is 2. The van der Waals surface area contributed by atoms with Crippen molar-refractivity contribution in [1.82, 2.24) is 4.31 Å². The molecule has 2 aromatic carbocycles. The van der Waals surface area contributed by atoms with Gasteiger partial charge in [0.15, 0.2) is 0 Å². The quantitative estimate of drug-likeness (QED) is 0.582. The van der Waals surface area contributed by atoms with E-state index < -0.39 is 33.7 Å². The summed E-state index contributed by atoms with van der Waals surface area (Å²) in [6.07, 6.45) is 0. The van der Waals surface area contributed by atoms with Gasteiger partial charge in [-0.3, -0.25) is 9.59 Å². The first-order valence-corrected chi connectivity index (χ1v) is 10.1. The molecule has 3 rings (SSSR count). The van der Waals surface area contributed by atoms with Crippen molar-refractivity contribution in [1.29, 1.82) is 0 Å². The zero-order chi connectivity index (χ0) is 19.6. The maximum Gasteiger partial charge on any atom is 0.319 e. The van der Waals surface area contributed by atoms with Crippen molar-refractivity contribution in [2.75, 3.05) is 13.2 Å². The third-order valence-corrected chi connectivity index (χ3v) is 6.43. The smallest absolute Gasteiger partial charge is 0.319 e. The predicted octanol–water partition coefficient (Wildman–Crippen LogP) is 2.49. The first-order valence-electron chi connectivity index (χ1n) is 8.71. The van der Waals surface area contributed by atoms with E-state index in [9.17, 15) is 18.0 Å². The van der Waals surface area contributed by atoms with Crippen molar-refractivity contribution in [2.45, 2.75) is 24.7 Å². The molecule has 0 aromatic heterocycles. The van der Waals surface area contributed by atoms with Crippen LogP contribution in [0.25, 0.3) is 0 Å². The van der Waals surface area contributed by atoms with Gasteiger partial charge in [0, 0.05) is 12.5 Å². The normalized spacial score (nSPS) is 19.9. The van der Waals surface area contributed by atoms with Gasteiger partial charge >= 0.3 is 5.97 Å². The van der Waals surface area contributed by atoms with Crippen LogP contribution < -0.4 is 0 Å². The van der Waals surface area contributed by atoms with Crippen molar-refractivity contribution < 1.29 is 22.7 Å². The summed E-state index contributed by atoms with van der Waals surface area (Å²) < 4.78 is 31.9. The third-order valence-electron chi connectivity index (χ3n) is 4.65. The second-order valence-electron chi connectivity index (χ2n) is 6.43. The Morgan fingerprint density at radius 2 is 1.74 bits per heavy atom. The summed E-state index contributed by atoms with van der Waals surface area (Å²) in [5.41, 5.74) is 1.64. The molecule has 1 aliphatic heterocycles. The van der Waals surface area contributed by atoms with E-state index >= 15 is 0 Å². The van der Waals surface area contributed by atoms with Gasteiger partial charge in [0.05, 0.1) is 11.5 Å². The van der Waals surface area contributed by atoms with E-state index in [1.807, 2.05) is 13.0 Å². The molecule has 0 bridgehead atoms. The van der Waals surface area contributed by atoms with Crippen LogP contribution in [0.4, 0.5) is 0 Å². The van der Waals surface area contributed by atoms with E-state index in [4.69, 9.17) is 4.74 Å². The summed E-state index contributed by atoms with van der Waals surface area (Å²) in [6, 6.07) is 15.2. The maximum atomic E-state index is 13.0. The van der Waals surface area contributed by atoms with Crippen LogP contribution in [0.2, 0.25) is 0 Å². The average molecular weight is 387 g/mol. The highest BCUT2D eigenvalue weighted by Gasteiger charge is 2.50. The minimum absolute atomic E-state index is 0.0257. The lowest BCUT2D eigenvalue weighted by Gasteiger charge is -2.17. The van der Waals surface area contributed by atoms with E-state index in [-0.39, 0.29) is 18.0 Å². The highest BCUT2D eigenvalue weighted by Crippen LogP contribution is 2.37. The number of rotatable bonds is 5. The lowest BCUT2D eigenvalue weighted by atomic mass is 9.89.